The minimum absolute atomic E-state index is 0.314. The maximum atomic E-state index is 11.6. The van der Waals surface area contributed by atoms with Gasteiger partial charge in [0.25, 0.3) is 5.91 Å². The van der Waals surface area contributed by atoms with Gasteiger partial charge in [-0.15, -0.1) is 0 Å². The summed E-state index contributed by atoms with van der Waals surface area (Å²) in [6.45, 7) is 1.80. The zero-order chi connectivity index (χ0) is 11.4. The van der Waals surface area contributed by atoms with Gasteiger partial charge in [0.05, 0.1) is 11.9 Å². The van der Waals surface area contributed by atoms with E-state index in [1.165, 1.54) is 12.5 Å². The second-order valence-corrected chi connectivity index (χ2v) is 3.72. The molecule has 1 aromatic rings. The SMILES string of the molecule is Cc1cc(Cl)ncc1C(=O)N=CN(C)C. The molecule has 1 heterocycles. The van der Waals surface area contributed by atoms with Gasteiger partial charge in [0, 0.05) is 20.3 Å². The molecular formula is C10H12ClN3O. The van der Waals surface area contributed by atoms with Crippen molar-refractivity contribution >= 4 is 23.8 Å². The molecule has 0 aliphatic carbocycles. The molecule has 0 fully saturated rings. The van der Waals surface area contributed by atoms with Crippen molar-refractivity contribution in [3.05, 3.63) is 28.5 Å². The Morgan fingerprint density at radius 3 is 2.80 bits per heavy atom. The number of amides is 1. The number of hydrogen-bond donors (Lipinski definition) is 0. The lowest BCUT2D eigenvalue weighted by molar-refractivity contribution is 0.100. The molecule has 15 heavy (non-hydrogen) atoms. The van der Waals surface area contributed by atoms with Crippen molar-refractivity contribution in [3.8, 4) is 0 Å². The lowest BCUT2D eigenvalue weighted by atomic mass is 10.1. The molecule has 0 atom stereocenters. The third-order valence-corrected chi connectivity index (χ3v) is 1.92. The maximum absolute atomic E-state index is 11.6. The molecule has 0 aliphatic rings. The van der Waals surface area contributed by atoms with Crippen LogP contribution in [-0.4, -0.2) is 36.2 Å². The van der Waals surface area contributed by atoms with E-state index in [0.29, 0.717) is 10.7 Å². The quantitative estimate of drug-likeness (QED) is 0.438. The molecular weight excluding hydrogens is 214 g/mol. The Kier molecular flexibility index (Phi) is 3.80. The van der Waals surface area contributed by atoms with Crippen molar-refractivity contribution in [3.63, 3.8) is 0 Å². The molecule has 0 spiro atoms. The Hall–Kier alpha value is -1.42. The van der Waals surface area contributed by atoms with Crippen LogP contribution in [0.1, 0.15) is 15.9 Å². The van der Waals surface area contributed by atoms with Crippen LogP contribution >= 0.6 is 11.6 Å². The first-order valence-electron chi connectivity index (χ1n) is 4.38. The highest BCUT2D eigenvalue weighted by atomic mass is 35.5. The fraction of sp³-hybridized carbons (Fsp3) is 0.300. The van der Waals surface area contributed by atoms with Gasteiger partial charge in [-0.25, -0.2) is 4.98 Å². The predicted molar refractivity (Wildman–Crippen MR) is 60.5 cm³/mol. The Labute approximate surface area is 93.6 Å². The van der Waals surface area contributed by atoms with Gasteiger partial charge < -0.3 is 4.90 Å². The number of carbonyl (C=O) groups excluding carboxylic acids is 1. The molecule has 0 aromatic carbocycles. The Bertz CT molecular complexity index is 402. The maximum Gasteiger partial charge on any atom is 0.280 e. The van der Waals surface area contributed by atoms with E-state index in [9.17, 15) is 4.79 Å². The van der Waals surface area contributed by atoms with Crippen LogP contribution in [0, 0.1) is 6.92 Å². The molecule has 5 heteroatoms. The summed E-state index contributed by atoms with van der Waals surface area (Å²) in [4.78, 5) is 20.9. The van der Waals surface area contributed by atoms with E-state index in [4.69, 9.17) is 11.6 Å². The molecule has 0 saturated heterocycles. The molecule has 80 valence electrons. The van der Waals surface area contributed by atoms with E-state index in [1.54, 1.807) is 32.0 Å². The zero-order valence-corrected chi connectivity index (χ0v) is 9.62. The first-order valence-corrected chi connectivity index (χ1v) is 4.75. The van der Waals surface area contributed by atoms with Gasteiger partial charge in [0.15, 0.2) is 0 Å². The Balaban J connectivity index is 2.92. The Morgan fingerprint density at radius 2 is 2.27 bits per heavy atom. The highest BCUT2D eigenvalue weighted by molar-refractivity contribution is 6.29. The summed E-state index contributed by atoms with van der Waals surface area (Å²) in [6, 6.07) is 1.64. The summed E-state index contributed by atoms with van der Waals surface area (Å²) in [6.07, 6.45) is 2.89. The number of carbonyl (C=O) groups is 1. The lowest BCUT2D eigenvalue weighted by Gasteiger charge is -2.03. The fourth-order valence-electron chi connectivity index (χ4n) is 0.983. The molecule has 0 N–H and O–H groups in total. The van der Waals surface area contributed by atoms with Crippen molar-refractivity contribution in [1.82, 2.24) is 9.88 Å². The number of nitrogens with zero attached hydrogens (tertiary/aromatic N) is 3. The highest BCUT2D eigenvalue weighted by Gasteiger charge is 2.08. The van der Waals surface area contributed by atoms with Crippen LogP contribution in [0.25, 0.3) is 0 Å². The van der Waals surface area contributed by atoms with Crippen LogP contribution in [0.4, 0.5) is 0 Å². The monoisotopic (exact) mass is 225 g/mol. The predicted octanol–water partition coefficient (Wildman–Crippen LogP) is 1.77. The molecule has 0 aliphatic heterocycles. The lowest BCUT2D eigenvalue weighted by Crippen LogP contribution is -2.10. The number of hydrogen-bond acceptors (Lipinski definition) is 2. The van der Waals surface area contributed by atoms with E-state index in [0.717, 1.165) is 5.56 Å². The van der Waals surface area contributed by atoms with Gasteiger partial charge in [0.1, 0.15) is 5.15 Å². The fourth-order valence-corrected chi connectivity index (χ4v) is 1.20. The smallest absolute Gasteiger partial charge is 0.280 e. The van der Waals surface area contributed by atoms with Crippen molar-refractivity contribution in [2.45, 2.75) is 6.92 Å². The van der Waals surface area contributed by atoms with Gasteiger partial charge in [-0.2, -0.15) is 4.99 Å². The topological polar surface area (TPSA) is 45.6 Å². The normalized spacial score (nSPS) is 10.7. The van der Waals surface area contributed by atoms with Crippen LogP contribution in [0.5, 0.6) is 0 Å². The van der Waals surface area contributed by atoms with E-state index in [1.807, 2.05) is 0 Å². The van der Waals surface area contributed by atoms with Crippen molar-refractivity contribution in [2.24, 2.45) is 4.99 Å². The van der Waals surface area contributed by atoms with Gasteiger partial charge in [-0.3, -0.25) is 4.79 Å². The van der Waals surface area contributed by atoms with Crippen molar-refractivity contribution in [1.29, 1.82) is 0 Å². The minimum Gasteiger partial charge on any atom is -0.369 e. The number of rotatable bonds is 2. The van der Waals surface area contributed by atoms with Crippen LogP contribution in [-0.2, 0) is 0 Å². The molecule has 0 bridgehead atoms. The van der Waals surface area contributed by atoms with Crippen molar-refractivity contribution in [2.75, 3.05) is 14.1 Å². The van der Waals surface area contributed by atoms with Gasteiger partial charge in [-0.1, -0.05) is 11.6 Å². The van der Waals surface area contributed by atoms with Crippen LogP contribution in [0.15, 0.2) is 17.3 Å². The number of aromatic nitrogens is 1. The summed E-state index contributed by atoms with van der Waals surface area (Å²) < 4.78 is 0. The summed E-state index contributed by atoms with van der Waals surface area (Å²) in [5, 5.41) is 0.376. The molecule has 4 nitrogen and oxygen atoms in total. The molecule has 0 saturated carbocycles. The molecule has 0 unspecified atom stereocenters. The highest BCUT2D eigenvalue weighted by Crippen LogP contribution is 2.12. The van der Waals surface area contributed by atoms with Gasteiger partial charge >= 0.3 is 0 Å². The number of halogens is 1. The molecule has 1 aromatic heterocycles. The third kappa shape index (κ3) is 3.32. The molecule has 1 amide bonds. The zero-order valence-electron chi connectivity index (χ0n) is 8.86. The summed E-state index contributed by atoms with van der Waals surface area (Å²) in [5.41, 5.74) is 1.24. The number of aryl methyl sites for hydroxylation is 1. The number of aliphatic imine (C=N–C) groups is 1. The van der Waals surface area contributed by atoms with Crippen LogP contribution in [0.3, 0.4) is 0 Å². The van der Waals surface area contributed by atoms with Crippen LogP contribution < -0.4 is 0 Å². The van der Waals surface area contributed by atoms with Gasteiger partial charge in [0.2, 0.25) is 0 Å². The first kappa shape index (κ1) is 11.7. The number of pyridine rings is 1. The largest absolute Gasteiger partial charge is 0.369 e. The van der Waals surface area contributed by atoms with E-state index in [2.05, 4.69) is 9.98 Å². The van der Waals surface area contributed by atoms with E-state index < -0.39 is 0 Å². The molecule has 1 rings (SSSR count). The Morgan fingerprint density at radius 1 is 1.60 bits per heavy atom. The average molecular weight is 226 g/mol. The average Bonchev–Trinajstić information content (AvgIpc) is 2.14. The second-order valence-electron chi connectivity index (χ2n) is 3.34. The minimum atomic E-state index is -0.314. The van der Waals surface area contributed by atoms with Gasteiger partial charge in [-0.05, 0) is 18.6 Å². The van der Waals surface area contributed by atoms with Crippen molar-refractivity contribution < 1.29 is 4.79 Å². The summed E-state index contributed by atoms with van der Waals surface area (Å²) in [7, 11) is 3.59. The van der Waals surface area contributed by atoms with Crippen LogP contribution in [0.2, 0.25) is 5.15 Å². The first-order chi connectivity index (χ1) is 7.00. The van der Waals surface area contributed by atoms with E-state index in [-0.39, 0.29) is 5.91 Å². The third-order valence-electron chi connectivity index (χ3n) is 1.71. The van der Waals surface area contributed by atoms with E-state index >= 15 is 0 Å². The molecule has 0 radical (unpaired) electrons. The summed E-state index contributed by atoms with van der Waals surface area (Å²) >= 11 is 5.68. The second kappa shape index (κ2) is 4.89. The standard InChI is InChI=1S/C10H12ClN3O/c1-7-4-9(11)12-5-8(7)10(15)13-6-14(2)3/h4-6H,1-3H3. The summed E-state index contributed by atoms with van der Waals surface area (Å²) in [5.74, 6) is -0.314.